The monoisotopic (exact) mass is 392 g/mol. The lowest BCUT2D eigenvalue weighted by molar-refractivity contribution is -0.133. The number of rotatable bonds is 5. The zero-order valence-corrected chi connectivity index (χ0v) is 15.7. The van der Waals surface area contributed by atoms with Crippen molar-refractivity contribution in [2.45, 2.75) is 37.8 Å². The molecule has 1 fully saturated rings. The molecule has 0 aromatic heterocycles. The van der Waals surface area contributed by atoms with E-state index in [9.17, 15) is 22.7 Å². The average Bonchev–Trinajstić information content (AvgIpc) is 2.54. The van der Waals surface area contributed by atoms with Gasteiger partial charge in [-0.05, 0) is 31.0 Å². The molecule has 140 valence electrons. The van der Waals surface area contributed by atoms with Crippen LogP contribution in [-0.4, -0.2) is 56.3 Å². The van der Waals surface area contributed by atoms with Crippen LogP contribution in [0.15, 0.2) is 18.2 Å². The van der Waals surface area contributed by atoms with Crippen LogP contribution in [0.1, 0.15) is 25.7 Å². The first-order valence-electron chi connectivity index (χ1n) is 7.97. The van der Waals surface area contributed by atoms with Crippen LogP contribution >= 0.6 is 11.6 Å². The standard InChI is InChI=1S/C16H22ClFN2O4S/c1-19(14-5-3-4-6-15(14)21)16(22)10-20(25(2,23)24)11-7-8-13(18)12(17)9-11/h7-9,14-15,21H,3-6,10H2,1-2H3. The lowest BCUT2D eigenvalue weighted by Gasteiger charge is -2.36. The third-order valence-electron chi connectivity index (χ3n) is 4.46. The minimum atomic E-state index is -3.78. The van der Waals surface area contributed by atoms with Gasteiger partial charge in [0.2, 0.25) is 15.9 Å². The number of carbonyl (C=O) groups excluding carboxylic acids is 1. The minimum absolute atomic E-state index is 0.111. The molecule has 0 radical (unpaired) electrons. The number of anilines is 1. The van der Waals surface area contributed by atoms with Crippen LogP contribution in [0.2, 0.25) is 5.02 Å². The number of likely N-dealkylation sites (N-methyl/N-ethyl adjacent to an activating group) is 1. The SMILES string of the molecule is CN(C(=O)CN(c1ccc(F)c(Cl)c1)S(C)(=O)=O)C1CCCCC1O. The number of sulfonamides is 1. The van der Waals surface area contributed by atoms with E-state index >= 15 is 0 Å². The molecule has 0 aliphatic heterocycles. The number of carbonyl (C=O) groups is 1. The highest BCUT2D eigenvalue weighted by molar-refractivity contribution is 7.92. The van der Waals surface area contributed by atoms with Crippen LogP contribution in [-0.2, 0) is 14.8 Å². The number of amides is 1. The van der Waals surface area contributed by atoms with Crippen LogP contribution < -0.4 is 4.31 Å². The molecule has 1 aromatic rings. The molecule has 1 amide bonds. The highest BCUT2D eigenvalue weighted by Gasteiger charge is 2.31. The molecule has 0 spiro atoms. The van der Waals surface area contributed by atoms with E-state index in [1.165, 1.54) is 17.0 Å². The maximum absolute atomic E-state index is 13.3. The number of benzene rings is 1. The summed E-state index contributed by atoms with van der Waals surface area (Å²) in [5.74, 6) is -1.12. The topological polar surface area (TPSA) is 77.9 Å². The number of nitrogens with zero attached hydrogens (tertiary/aromatic N) is 2. The van der Waals surface area contributed by atoms with Crippen LogP contribution in [0, 0.1) is 5.82 Å². The van der Waals surface area contributed by atoms with E-state index in [1.807, 2.05) is 0 Å². The Hall–Kier alpha value is -1.38. The largest absolute Gasteiger partial charge is 0.391 e. The van der Waals surface area contributed by atoms with Gasteiger partial charge in [0.1, 0.15) is 12.4 Å². The molecule has 1 saturated carbocycles. The van der Waals surface area contributed by atoms with Crippen LogP contribution in [0.3, 0.4) is 0 Å². The Bertz CT molecular complexity index is 744. The van der Waals surface area contributed by atoms with Crippen molar-refractivity contribution in [1.82, 2.24) is 4.90 Å². The van der Waals surface area contributed by atoms with Gasteiger partial charge < -0.3 is 10.0 Å². The van der Waals surface area contributed by atoms with Crippen molar-refractivity contribution in [2.75, 3.05) is 24.2 Å². The molecule has 0 heterocycles. The predicted octanol–water partition coefficient (Wildman–Crippen LogP) is 2.01. The van der Waals surface area contributed by atoms with Gasteiger partial charge in [0.25, 0.3) is 0 Å². The normalized spacial score (nSPS) is 21.0. The fourth-order valence-electron chi connectivity index (χ4n) is 3.00. The van der Waals surface area contributed by atoms with Gasteiger partial charge in [0.05, 0.1) is 29.1 Å². The molecule has 0 bridgehead atoms. The Labute approximate surface area is 152 Å². The molecule has 1 aliphatic carbocycles. The number of aliphatic hydroxyl groups is 1. The molecule has 1 aromatic carbocycles. The number of hydrogen-bond donors (Lipinski definition) is 1. The highest BCUT2D eigenvalue weighted by Crippen LogP contribution is 2.26. The van der Waals surface area contributed by atoms with E-state index in [4.69, 9.17) is 11.6 Å². The van der Waals surface area contributed by atoms with Gasteiger partial charge in [-0.1, -0.05) is 24.4 Å². The number of hydrogen-bond acceptors (Lipinski definition) is 4. The fourth-order valence-corrected chi connectivity index (χ4v) is 4.02. The Balaban J connectivity index is 2.22. The zero-order chi connectivity index (χ0) is 18.8. The molecule has 2 unspecified atom stereocenters. The molecular weight excluding hydrogens is 371 g/mol. The first-order chi connectivity index (χ1) is 11.6. The molecule has 9 heteroatoms. The smallest absolute Gasteiger partial charge is 0.243 e. The van der Waals surface area contributed by atoms with Crippen molar-refractivity contribution in [2.24, 2.45) is 0 Å². The predicted molar refractivity (Wildman–Crippen MR) is 94.6 cm³/mol. The summed E-state index contributed by atoms with van der Waals surface area (Å²) in [5, 5.41) is 9.85. The van der Waals surface area contributed by atoms with Gasteiger partial charge in [-0.15, -0.1) is 0 Å². The third-order valence-corrected chi connectivity index (χ3v) is 5.89. The first kappa shape index (κ1) is 19.9. The van der Waals surface area contributed by atoms with Crippen molar-refractivity contribution in [1.29, 1.82) is 0 Å². The lowest BCUT2D eigenvalue weighted by atomic mass is 9.91. The summed E-state index contributed by atoms with van der Waals surface area (Å²) in [6.45, 7) is -0.444. The molecule has 0 saturated heterocycles. The van der Waals surface area contributed by atoms with Crippen molar-refractivity contribution in [3.8, 4) is 0 Å². The summed E-state index contributed by atoms with van der Waals surface area (Å²) in [7, 11) is -2.22. The van der Waals surface area contributed by atoms with Gasteiger partial charge in [-0.3, -0.25) is 9.10 Å². The summed E-state index contributed by atoms with van der Waals surface area (Å²) in [4.78, 5) is 14.0. The summed E-state index contributed by atoms with van der Waals surface area (Å²) >= 11 is 5.72. The summed E-state index contributed by atoms with van der Waals surface area (Å²) < 4.78 is 38.4. The molecule has 1 N–H and O–H groups in total. The fraction of sp³-hybridized carbons (Fsp3) is 0.562. The molecule has 1 aliphatic rings. The van der Waals surface area contributed by atoms with E-state index in [0.29, 0.717) is 12.8 Å². The van der Waals surface area contributed by atoms with E-state index in [1.54, 1.807) is 7.05 Å². The minimum Gasteiger partial charge on any atom is -0.391 e. The Morgan fingerprint density at radius 2 is 2.00 bits per heavy atom. The third kappa shape index (κ3) is 4.83. The molecule has 6 nitrogen and oxygen atoms in total. The second kappa shape index (κ2) is 7.88. The van der Waals surface area contributed by atoms with Crippen LogP contribution in [0.25, 0.3) is 0 Å². The molecule has 25 heavy (non-hydrogen) atoms. The lowest BCUT2D eigenvalue weighted by Crippen LogP contribution is -2.50. The quantitative estimate of drug-likeness (QED) is 0.831. The Morgan fingerprint density at radius 3 is 2.56 bits per heavy atom. The average molecular weight is 393 g/mol. The molecular formula is C16H22ClFN2O4S. The zero-order valence-electron chi connectivity index (χ0n) is 14.2. The van der Waals surface area contributed by atoms with Gasteiger partial charge in [0.15, 0.2) is 0 Å². The van der Waals surface area contributed by atoms with Gasteiger partial charge in [0, 0.05) is 7.05 Å². The molecule has 2 atom stereocenters. The van der Waals surface area contributed by atoms with Crippen LogP contribution in [0.4, 0.5) is 10.1 Å². The van der Waals surface area contributed by atoms with Gasteiger partial charge in [-0.2, -0.15) is 0 Å². The van der Waals surface area contributed by atoms with E-state index in [0.717, 1.165) is 29.5 Å². The second-order valence-corrected chi connectivity index (χ2v) is 8.61. The van der Waals surface area contributed by atoms with Gasteiger partial charge >= 0.3 is 0 Å². The van der Waals surface area contributed by atoms with E-state index < -0.39 is 34.4 Å². The number of halogens is 2. The van der Waals surface area contributed by atoms with Crippen molar-refractivity contribution >= 4 is 33.2 Å². The number of aliphatic hydroxyl groups excluding tert-OH is 1. The molecule has 2 rings (SSSR count). The summed E-state index contributed by atoms with van der Waals surface area (Å²) in [6, 6.07) is 3.14. The van der Waals surface area contributed by atoms with Crippen molar-refractivity contribution in [3.05, 3.63) is 29.0 Å². The van der Waals surface area contributed by atoms with Crippen molar-refractivity contribution < 1.29 is 22.7 Å². The Morgan fingerprint density at radius 1 is 1.36 bits per heavy atom. The Kier molecular flexibility index (Phi) is 6.29. The van der Waals surface area contributed by atoms with E-state index in [-0.39, 0.29) is 16.8 Å². The van der Waals surface area contributed by atoms with Gasteiger partial charge in [-0.25, -0.2) is 12.8 Å². The van der Waals surface area contributed by atoms with Crippen molar-refractivity contribution in [3.63, 3.8) is 0 Å². The summed E-state index contributed by atoms with van der Waals surface area (Å²) in [5.41, 5.74) is 0.111. The maximum Gasteiger partial charge on any atom is 0.243 e. The van der Waals surface area contributed by atoms with Crippen LogP contribution in [0.5, 0.6) is 0 Å². The summed E-state index contributed by atoms with van der Waals surface area (Å²) in [6.07, 6.45) is 3.45. The highest BCUT2D eigenvalue weighted by atomic mass is 35.5. The maximum atomic E-state index is 13.3. The second-order valence-electron chi connectivity index (χ2n) is 6.29. The van der Waals surface area contributed by atoms with E-state index in [2.05, 4.69) is 0 Å². The first-order valence-corrected chi connectivity index (χ1v) is 10.2.